The van der Waals surface area contributed by atoms with E-state index < -0.39 is 5.60 Å². The van der Waals surface area contributed by atoms with E-state index in [0.29, 0.717) is 48.7 Å². The van der Waals surface area contributed by atoms with E-state index in [2.05, 4.69) is 25.6 Å². The first kappa shape index (κ1) is 26.0. The second-order valence-electron chi connectivity index (χ2n) is 10.5. The highest BCUT2D eigenvalue weighted by Gasteiger charge is 2.25. The summed E-state index contributed by atoms with van der Waals surface area (Å²) in [5, 5.41) is 8.13. The van der Waals surface area contributed by atoms with Gasteiger partial charge in [0, 0.05) is 53.4 Å². The molecule has 39 heavy (non-hydrogen) atoms. The van der Waals surface area contributed by atoms with Crippen molar-refractivity contribution in [2.75, 3.05) is 30.8 Å². The molecule has 0 atom stereocenters. The molecule has 0 radical (unpaired) electrons. The lowest BCUT2D eigenvalue weighted by Gasteiger charge is -2.30. The Kier molecular flexibility index (Phi) is 7.10. The lowest BCUT2D eigenvalue weighted by molar-refractivity contribution is -0.112. The van der Waals surface area contributed by atoms with Gasteiger partial charge in [-0.1, -0.05) is 5.57 Å². The van der Waals surface area contributed by atoms with Crippen molar-refractivity contribution in [3.05, 3.63) is 60.6 Å². The minimum atomic E-state index is -0.539. The van der Waals surface area contributed by atoms with E-state index in [1.165, 1.54) is 6.33 Å². The van der Waals surface area contributed by atoms with Gasteiger partial charge >= 0.3 is 6.09 Å². The van der Waals surface area contributed by atoms with Crippen molar-refractivity contribution in [1.82, 2.24) is 19.9 Å². The Morgan fingerprint density at radius 2 is 1.87 bits per heavy atom. The third-order valence-electron chi connectivity index (χ3n) is 6.42. The second-order valence-corrected chi connectivity index (χ2v) is 10.5. The molecule has 0 bridgehead atoms. The van der Waals surface area contributed by atoms with Gasteiger partial charge in [0.1, 0.15) is 23.5 Å². The van der Waals surface area contributed by atoms with Crippen molar-refractivity contribution in [1.29, 1.82) is 0 Å². The van der Waals surface area contributed by atoms with Crippen molar-refractivity contribution in [2.24, 2.45) is 0 Å². The van der Waals surface area contributed by atoms with Crippen LogP contribution in [0.1, 0.15) is 33.6 Å². The van der Waals surface area contributed by atoms with Crippen LogP contribution in [0, 0.1) is 0 Å². The molecule has 0 spiro atoms. The van der Waals surface area contributed by atoms with Gasteiger partial charge in [-0.3, -0.25) is 4.79 Å². The first-order chi connectivity index (χ1) is 18.7. The van der Waals surface area contributed by atoms with Crippen LogP contribution in [0.4, 0.5) is 22.0 Å². The summed E-state index contributed by atoms with van der Waals surface area (Å²) >= 11 is 0. The Hall–Kier alpha value is -4.60. The zero-order chi connectivity index (χ0) is 27.6. The summed E-state index contributed by atoms with van der Waals surface area (Å²) in [6, 6.07) is 11.6. The number of amides is 2. The molecule has 0 aliphatic carbocycles. The number of methoxy groups -OCH3 is 1. The van der Waals surface area contributed by atoms with Crippen molar-refractivity contribution in [3.63, 3.8) is 0 Å². The van der Waals surface area contributed by atoms with Crippen LogP contribution in [-0.4, -0.2) is 57.7 Å². The lowest BCUT2D eigenvalue weighted by Crippen LogP contribution is -2.40. The van der Waals surface area contributed by atoms with Crippen LogP contribution in [-0.2, 0) is 9.53 Å². The zero-order valence-electron chi connectivity index (χ0n) is 22.5. The largest absolute Gasteiger partial charge is 0.494 e. The summed E-state index contributed by atoms with van der Waals surface area (Å²) in [7, 11) is 1.55. The molecule has 1 aliphatic heterocycles. The number of rotatable bonds is 5. The number of piperidine rings is 1. The van der Waals surface area contributed by atoms with Crippen LogP contribution in [0.3, 0.4) is 0 Å². The molecule has 1 fully saturated rings. The van der Waals surface area contributed by atoms with E-state index in [1.54, 1.807) is 24.2 Å². The van der Waals surface area contributed by atoms with E-state index >= 15 is 0 Å². The van der Waals surface area contributed by atoms with Gasteiger partial charge in [-0.05, 0) is 63.9 Å². The molecule has 1 saturated heterocycles. The van der Waals surface area contributed by atoms with Gasteiger partial charge in [0.25, 0.3) is 0 Å². The van der Waals surface area contributed by atoms with Gasteiger partial charge in [-0.15, -0.1) is 0 Å². The van der Waals surface area contributed by atoms with E-state index in [0.717, 1.165) is 27.5 Å². The molecule has 2 amide bonds. The highest BCUT2D eigenvalue weighted by molar-refractivity contribution is 6.04. The number of benzene rings is 2. The number of nitrogens with zero attached hydrogens (tertiary/aromatic N) is 3. The maximum Gasteiger partial charge on any atom is 0.410 e. The number of likely N-dealkylation sites (tertiary alicyclic amines) is 1. The maximum atomic E-state index is 13.0. The predicted molar refractivity (Wildman–Crippen MR) is 151 cm³/mol. The molecule has 10 nitrogen and oxygen atoms in total. The third-order valence-corrected chi connectivity index (χ3v) is 6.42. The number of carbonyl (C=O) groups is 2. The van der Waals surface area contributed by atoms with Crippen LogP contribution in [0.25, 0.3) is 21.8 Å². The summed E-state index contributed by atoms with van der Waals surface area (Å²) in [4.78, 5) is 39.0. The Balaban J connectivity index is 1.32. The fourth-order valence-electron chi connectivity index (χ4n) is 4.52. The molecule has 0 saturated carbocycles. The van der Waals surface area contributed by atoms with Crippen LogP contribution >= 0.6 is 0 Å². The number of aromatic amines is 1. The SMILES string of the molecule is COc1cc2ncnc(Nc3ccc4[nH]ccc4c3)c2cc1NC(=O)C=C1CCN(C(=O)OC(C)(C)C)CC1. The van der Waals surface area contributed by atoms with Crippen LogP contribution in [0.15, 0.2) is 60.6 Å². The van der Waals surface area contributed by atoms with Crippen LogP contribution < -0.4 is 15.4 Å². The molecule has 3 heterocycles. The fraction of sp³-hybridized carbons (Fsp3) is 0.310. The van der Waals surface area contributed by atoms with Crippen molar-refractivity contribution in [3.8, 4) is 5.75 Å². The Morgan fingerprint density at radius 1 is 1.08 bits per heavy atom. The van der Waals surface area contributed by atoms with Crippen molar-refractivity contribution < 1.29 is 19.1 Å². The van der Waals surface area contributed by atoms with Gasteiger partial charge in [0.15, 0.2) is 0 Å². The molecule has 4 aromatic rings. The van der Waals surface area contributed by atoms with E-state index in [1.807, 2.05) is 57.3 Å². The summed E-state index contributed by atoms with van der Waals surface area (Å²) < 4.78 is 11.0. The minimum absolute atomic E-state index is 0.266. The number of ether oxygens (including phenoxy) is 2. The molecule has 2 aromatic carbocycles. The molecule has 5 rings (SSSR count). The van der Waals surface area contributed by atoms with E-state index in [4.69, 9.17) is 9.47 Å². The van der Waals surface area contributed by atoms with Crippen molar-refractivity contribution in [2.45, 2.75) is 39.2 Å². The van der Waals surface area contributed by atoms with Gasteiger partial charge in [-0.2, -0.15) is 0 Å². The van der Waals surface area contributed by atoms with E-state index in [9.17, 15) is 9.59 Å². The summed E-state index contributed by atoms with van der Waals surface area (Å²) in [6.07, 6.45) is 5.87. The monoisotopic (exact) mass is 528 g/mol. The number of fused-ring (bicyclic) bond motifs is 2. The zero-order valence-corrected chi connectivity index (χ0v) is 22.5. The normalized spacial score (nSPS) is 13.8. The second kappa shape index (κ2) is 10.6. The maximum absolute atomic E-state index is 13.0. The molecule has 1 aliphatic rings. The molecular formula is C29H32N6O4. The highest BCUT2D eigenvalue weighted by Crippen LogP contribution is 2.33. The average Bonchev–Trinajstić information content (AvgIpc) is 3.36. The molecule has 3 N–H and O–H groups in total. The average molecular weight is 529 g/mol. The highest BCUT2D eigenvalue weighted by atomic mass is 16.6. The number of H-pyrrole nitrogens is 1. The minimum Gasteiger partial charge on any atom is -0.494 e. The molecular weight excluding hydrogens is 496 g/mol. The molecule has 0 unspecified atom stereocenters. The number of nitrogens with one attached hydrogen (secondary N) is 3. The van der Waals surface area contributed by atoms with Crippen molar-refractivity contribution >= 4 is 51.0 Å². The van der Waals surface area contributed by atoms with Gasteiger partial charge in [-0.25, -0.2) is 14.8 Å². The quantitative estimate of drug-likeness (QED) is 0.282. The third kappa shape index (κ3) is 6.11. The standard InChI is InChI=1S/C29H32N6O4/c1-29(2,3)39-28(37)35-11-8-18(9-12-35)13-26(36)34-24-15-21-23(16-25(24)38-4)31-17-32-27(21)33-20-5-6-22-19(14-20)7-10-30-22/h5-7,10,13-17,30H,8-9,11-12H2,1-4H3,(H,34,36)(H,31,32,33). The summed E-state index contributed by atoms with van der Waals surface area (Å²) in [5.41, 5.74) is 3.55. The van der Waals surface area contributed by atoms with Gasteiger partial charge < -0.3 is 30.0 Å². The van der Waals surface area contributed by atoms with E-state index in [-0.39, 0.29) is 12.0 Å². The summed E-state index contributed by atoms with van der Waals surface area (Å²) in [5.74, 6) is 0.839. The lowest BCUT2D eigenvalue weighted by atomic mass is 10.0. The van der Waals surface area contributed by atoms with Gasteiger partial charge in [0.2, 0.25) is 5.91 Å². The number of carbonyl (C=O) groups excluding carboxylic acids is 2. The van der Waals surface area contributed by atoms with Crippen LogP contribution in [0.5, 0.6) is 5.75 Å². The Bertz CT molecular complexity index is 1560. The topological polar surface area (TPSA) is 121 Å². The fourth-order valence-corrected chi connectivity index (χ4v) is 4.52. The number of aromatic nitrogens is 3. The number of hydrogen-bond acceptors (Lipinski definition) is 7. The first-order valence-corrected chi connectivity index (χ1v) is 12.8. The molecule has 202 valence electrons. The Morgan fingerprint density at radius 3 is 2.62 bits per heavy atom. The smallest absolute Gasteiger partial charge is 0.410 e. The number of hydrogen-bond donors (Lipinski definition) is 3. The first-order valence-electron chi connectivity index (χ1n) is 12.8. The molecule has 10 heteroatoms. The van der Waals surface area contributed by atoms with Crippen LogP contribution in [0.2, 0.25) is 0 Å². The predicted octanol–water partition coefficient (Wildman–Crippen LogP) is 5.76. The summed E-state index contributed by atoms with van der Waals surface area (Å²) in [6.45, 7) is 6.56. The molecule has 2 aromatic heterocycles. The van der Waals surface area contributed by atoms with Gasteiger partial charge in [0.05, 0.1) is 18.3 Å². The Labute approximate surface area is 226 Å². The number of anilines is 3.